The van der Waals surface area contributed by atoms with Crippen molar-refractivity contribution >= 4 is 0 Å². The van der Waals surface area contributed by atoms with Crippen molar-refractivity contribution < 1.29 is 9.50 Å². The average Bonchev–Trinajstić information content (AvgIpc) is 2.35. The molecule has 0 saturated carbocycles. The van der Waals surface area contributed by atoms with E-state index in [1.807, 2.05) is 13.8 Å². The van der Waals surface area contributed by atoms with Gasteiger partial charge in [-0.3, -0.25) is 0 Å². The molecule has 2 nitrogen and oxygen atoms in total. The Hall–Kier alpha value is -1.40. The van der Waals surface area contributed by atoms with E-state index in [0.29, 0.717) is 18.4 Å². The van der Waals surface area contributed by atoms with Crippen LogP contribution in [0, 0.1) is 23.1 Å². The number of benzene rings is 1. The van der Waals surface area contributed by atoms with Crippen molar-refractivity contribution in [1.29, 1.82) is 5.26 Å². The number of rotatable bonds is 5. The number of aliphatic hydroxyl groups is 1. The first-order chi connectivity index (χ1) is 8.08. The lowest BCUT2D eigenvalue weighted by Gasteiger charge is -2.31. The molecule has 0 amide bonds. The quantitative estimate of drug-likeness (QED) is 0.850. The topological polar surface area (TPSA) is 44.0 Å². The Morgan fingerprint density at radius 2 is 2.18 bits per heavy atom. The Kier molecular flexibility index (Phi) is 4.65. The smallest absolute Gasteiger partial charge is 0.123 e. The average molecular weight is 235 g/mol. The van der Waals surface area contributed by atoms with Crippen molar-refractivity contribution in [2.45, 2.75) is 38.7 Å². The maximum absolute atomic E-state index is 13.2. The molecular formula is C14H18FNO. The summed E-state index contributed by atoms with van der Waals surface area (Å²) >= 11 is 0. The highest BCUT2D eigenvalue weighted by molar-refractivity contribution is 5.26. The van der Waals surface area contributed by atoms with E-state index in [1.54, 1.807) is 12.1 Å². The van der Waals surface area contributed by atoms with Gasteiger partial charge in [-0.15, -0.1) is 0 Å². The molecule has 92 valence electrons. The third kappa shape index (κ3) is 2.83. The van der Waals surface area contributed by atoms with Gasteiger partial charge in [-0.05, 0) is 30.5 Å². The fourth-order valence-electron chi connectivity index (χ4n) is 2.11. The molecule has 1 N–H and O–H groups in total. The Balaban J connectivity index is 3.15. The third-order valence-corrected chi connectivity index (χ3v) is 3.17. The highest BCUT2D eigenvalue weighted by atomic mass is 19.1. The summed E-state index contributed by atoms with van der Waals surface area (Å²) in [5.74, 6) is -0.887. The van der Waals surface area contributed by atoms with Gasteiger partial charge in [-0.25, -0.2) is 4.39 Å². The van der Waals surface area contributed by atoms with Gasteiger partial charge in [0.1, 0.15) is 11.4 Å². The van der Waals surface area contributed by atoms with Crippen molar-refractivity contribution in [2.75, 3.05) is 0 Å². The SMILES string of the molecule is CCCC(C#N)C(O)(CC)c1cccc(F)c1. The maximum atomic E-state index is 13.2. The van der Waals surface area contributed by atoms with Crippen molar-refractivity contribution in [3.05, 3.63) is 35.6 Å². The molecule has 0 spiro atoms. The normalized spacial score (nSPS) is 15.9. The zero-order chi connectivity index (χ0) is 12.9. The van der Waals surface area contributed by atoms with E-state index in [-0.39, 0.29) is 5.82 Å². The number of hydrogen-bond donors (Lipinski definition) is 1. The Bertz CT molecular complexity index is 413. The second-order valence-electron chi connectivity index (χ2n) is 4.26. The minimum absolute atomic E-state index is 0.387. The fraction of sp³-hybridized carbons (Fsp3) is 0.500. The molecule has 0 bridgehead atoms. The summed E-state index contributed by atoms with van der Waals surface area (Å²) in [4.78, 5) is 0. The molecule has 1 aromatic rings. The molecule has 0 aliphatic rings. The Morgan fingerprint density at radius 3 is 2.65 bits per heavy atom. The fourth-order valence-corrected chi connectivity index (χ4v) is 2.11. The Morgan fingerprint density at radius 1 is 1.47 bits per heavy atom. The minimum atomic E-state index is -1.26. The molecular weight excluding hydrogens is 217 g/mol. The molecule has 0 fully saturated rings. The number of nitrogens with zero attached hydrogens (tertiary/aromatic N) is 1. The lowest BCUT2D eigenvalue weighted by atomic mass is 9.78. The van der Waals surface area contributed by atoms with Crippen LogP contribution in [-0.4, -0.2) is 5.11 Å². The molecule has 3 heteroatoms. The van der Waals surface area contributed by atoms with E-state index in [1.165, 1.54) is 12.1 Å². The number of halogens is 1. The van der Waals surface area contributed by atoms with Gasteiger partial charge in [-0.2, -0.15) is 5.26 Å². The third-order valence-electron chi connectivity index (χ3n) is 3.17. The van der Waals surface area contributed by atoms with Crippen LogP contribution in [0.2, 0.25) is 0 Å². The van der Waals surface area contributed by atoms with E-state index in [0.717, 1.165) is 6.42 Å². The lowest BCUT2D eigenvalue weighted by molar-refractivity contribution is -0.0102. The number of hydrogen-bond acceptors (Lipinski definition) is 2. The van der Waals surface area contributed by atoms with Crippen LogP contribution in [0.3, 0.4) is 0 Å². The van der Waals surface area contributed by atoms with E-state index < -0.39 is 11.5 Å². The highest BCUT2D eigenvalue weighted by Gasteiger charge is 2.36. The van der Waals surface area contributed by atoms with Crippen molar-refractivity contribution in [2.24, 2.45) is 5.92 Å². The molecule has 1 aromatic carbocycles. The van der Waals surface area contributed by atoms with Crippen LogP contribution in [0.4, 0.5) is 4.39 Å². The van der Waals surface area contributed by atoms with E-state index in [9.17, 15) is 9.50 Å². The minimum Gasteiger partial charge on any atom is -0.384 e. The van der Waals surface area contributed by atoms with E-state index in [2.05, 4.69) is 6.07 Å². The van der Waals surface area contributed by atoms with Gasteiger partial charge in [0, 0.05) is 0 Å². The summed E-state index contributed by atoms with van der Waals surface area (Å²) < 4.78 is 13.2. The summed E-state index contributed by atoms with van der Waals surface area (Å²) in [5.41, 5.74) is -0.771. The number of nitriles is 1. The van der Waals surface area contributed by atoms with Gasteiger partial charge in [0.2, 0.25) is 0 Å². The second-order valence-corrected chi connectivity index (χ2v) is 4.26. The summed E-state index contributed by atoms with van der Waals surface area (Å²) in [7, 11) is 0. The van der Waals surface area contributed by atoms with Gasteiger partial charge < -0.3 is 5.11 Å². The molecule has 17 heavy (non-hydrogen) atoms. The monoisotopic (exact) mass is 235 g/mol. The first-order valence-corrected chi connectivity index (χ1v) is 5.96. The molecule has 1 rings (SSSR count). The first-order valence-electron chi connectivity index (χ1n) is 5.96. The molecule has 0 aliphatic carbocycles. The molecule has 2 atom stereocenters. The van der Waals surface area contributed by atoms with Crippen molar-refractivity contribution in [1.82, 2.24) is 0 Å². The van der Waals surface area contributed by atoms with Gasteiger partial charge in [0.05, 0.1) is 12.0 Å². The predicted molar refractivity (Wildman–Crippen MR) is 64.6 cm³/mol. The summed E-state index contributed by atoms with van der Waals surface area (Å²) in [6.45, 7) is 3.77. The lowest BCUT2D eigenvalue weighted by Crippen LogP contribution is -2.33. The van der Waals surface area contributed by atoms with E-state index in [4.69, 9.17) is 5.26 Å². The van der Waals surface area contributed by atoms with Crippen LogP contribution < -0.4 is 0 Å². The van der Waals surface area contributed by atoms with Crippen LogP contribution in [0.5, 0.6) is 0 Å². The molecule has 2 unspecified atom stereocenters. The first kappa shape index (κ1) is 13.7. The maximum Gasteiger partial charge on any atom is 0.123 e. The predicted octanol–water partition coefficient (Wildman–Crippen LogP) is 3.36. The zero-order valence-electron chi connectivity index (χ0n) is 10.3. The standard InChI is InChI=1S/C14H18FNO/c1-3-6-12(10-16)14(17,4-2)11-7-5-8-13(15)9-11/h5,7-9,12,17H,3-4,6H2,1-2H3. The second kappa shape index (κ2) is 5.79. The molecule has 0 aromatic heterocycles. The molecule has 0 radical (unpaired) electrons. The molecule has 0 saturated heterocycles. The molecule has 0 aliphatic heterocycles. The summed E-state index contributed by atoms with van der Waals surface area (Å²) in [6.07, 6.45) is 1.82. The van der Waals surface area contributed by atoms with Crippen molar-refractivity contribution in [3.63, 3.8) is 0 Å². The molecule has 0 heterocycles. The van der Waals surface area contributed by atoms with Crippen LogP contribution in [0.25, 0.3) is 0 Å². The Labute approximate surface area is 102 Å². The summed E-state index contributed by atoms with van der Waals surface area (Å²) in [5, 5.41) is 19.8. The van der Waals surface area contributed by atoms with Crippen LogP contribution in [0.1, 0.15) is 38.7 Å². The van der Waals surface area contributed by atoms with Crippen molar-refractivity contribution in [3.8, 4) is 6.07 Å². The van der Waals surface area contributed by atoms with E-state index >= 15 is 0 Å². The summed E-state index contributed by atoms with van der Waals surface area (Å²) in [6, 6.07) is 8.02. The van der Waals surface area contributed by atoms with Gasteiger partial charge in [-0.1, -0.05) is 32.4 Å². The largest absolute Gasteiger partial charge is 0.384 e. The highest BCUT2D eigenvalue weighted by Crippen LogP contribution is 2.35. The van der Waals surface area contributed by atoms with Gasteiger partial charge in [0.15, 0.2) is 0 Å². The van der Waals surface area contributed by atoms with Gasteiger partial charge >= 0.3 is 0 Å². The van der Waals surface area contributed by atoms with Crippen LogP contribution >= 0.6 is 0 Å². The van der Waals surface area contributed by atoms with Crippen LogP contribution in [0.15, 0.2) is 24.3 Å². The van der Waals surface area contributed by atoms with Crippen LogP contribution in [-0.2, 0) is 5.60 Å². The zero-order valence-corrected chi connectivity index (χ0v) is 10.3. The van der Waals surface area contributed by atoms with Gasteiger partial charge in [0.25, 0.3) is 0 Å².